The number of esters is 1. The molecular weight excluding hydrogens is 350 g/mol. The quantitative estimate of drug-likeness (QED) is 0.677. The van der Waals surface area contributed by atoms with E-state index in [9.17, 15) is 14.7 Å². The third-order valence-electron chi connectivity index (χ3n) is 4.47. The molecule has 0 saturated carbocycles. The zero-order valence-corrected chi connectivity index (χ0v) is 14.5. The molecule has 2 N–H and O–H groups in total. The Morgan fingerprint density at radius 2 is 2.04 bits per heavy atom. The second-order valence-corrected chi connectivity index (χ2v) is 6.15. The van der Waals surface area contributed by atoms with E-state index in [1.54, 1.807) is 46.0 Å². The molecule has 1 aromatic carbocycles. The fourth-order valence-corrected chi connectivity index (χ4v) is 3.07. The summed E-state index contributed by atoms with van der Waals surface area (Å²) in [7, 11) is 1.30. The summed E-state index contributed by atoms with van der Waals surface area (Å²) in [6.07, 6.45) is 0. The van der Waals surface area contributed by atoms with Gasteiger partial charge >= 0.3 is 5.97 Å². The van der Waals surface area contributed by atoms with Crippen LogP contribution in [0, 0.1) is 0 Å². The number of carbonyl (C=O) groups is 2. The van der Waals surface area contributed by atoms with Crippen LogP contribution in [0.3, 0.4) is 0 Å². The lowest BCUT2D eigenvalue weighted by Crippen LogP contribution is -2.38. The number of phenols is 1. The van der Waals surface area contributed by atoms with Crippen molar-refractivity contribution >= 4 is 11.9 Å². The maximum absolute atomic E-state index is 12.8. The van der Waals surface area contributed by atoms with E-state index in [-0.39, 0.29) is 17.4 Å². The van der Waals surface area contributed by atoms with Crippen LogP contribution >= 0.6 is 0 Å². The average molecular weight is 367 g/mol. The first-order valence-electron chi connectivity index (χ1n) is 8.35. The van der Waals surface area contributed by atoms with Crippen molar-refractivity contribution < 1.29 is 19.4 Å². The van der Waals surface area contributed by atoms with Crippen LogP contribution in [-0.4, -0.2) is 55.5 Å². The monoisotopic (exact) mass is 367 g/mol. The summed E-state index contributed by atoms with van der Waals surface area (Å²) >= 11 is 0. The number of aromatic amines is 1. The highest BCUT2D eigenvalue weighted by atomic mass is 16.5. The number of hydrogen-bond acceptors (Lipinski definition) is 6. The number of amides is 1. The second kappa shape index (κ2) is 6.60. The lowest BCUT2D eigenvalue weighted by atomic mass is 10.1. The highest BCUT2D eigenvalue weighted by Gasteiger charge is 2.26. The highest BCUT2D eigenvalue weighted by Crippen LogP contribution is 2.27. The molecule has 1 aliphatic heterocycles. The molecule has 9 heteroatoms. The first-order chi connectivity index (χ1) is 13.1. The van der Waals surface area contributed by atoms with E-state index in [0.717, 1.165) is 5.69 Å². The molecule has 27 heavy (non-hydrogen) atoms. The van der Waals surface area contributed by atoms with Crippen LogP contribution in [0.25, 0.3) is 11.3 Å². The van der Waals surface area contributed by atoms with Gasteiger partial charge in [-0.1, -0.05) is 12.1 Å². The molecule has 0 atom stereocenters. The first kappa shape index (κ1) is 16.8. The van der Waals surface area contributed by atoms with Crippen molar-refractivity contribution in [2.75, 3.05) is 13.7 Å². The summed E-state index contributed by atoms with van der Waals surface area (Å²) in [6.45, 7) is 1.27. The third kappa shape index (κ3) is 3.03. The minimum atomic E-state index is -0.504. The van der Waals surface area contributed by atoms with Crippen molar-refractivity contribution in [3.05, 3.63) is 53.5 Å². The van der Waals surface area contributed by atoms with Gasteiger partial charge in [-0.25, -0.2) is 4.79 Å². The molecule has 0 radical (unpaired) electrons. The van der Waals surface area contributed by atoms with E-state index in [4.69, 9.17) is 0 Å². The predicted octanol–water partition coefficient (Wildman–Crippen LogP) is 1.42. The molecule has 9 nitrogen and oxygen atoms in total. The predicted molar refractivity (Wildman–Crippen MR) is 94.0 cm³/mol. The molecule has 4 rings (SSSR count). The molecule has 2 aromatic heterocycles. The summed E-state index contributed by atoms with van der Waals surface area (Å²) < 4.78 is 6.39. The zero-order valence-electron chi connectivity index (χ0n) is 14.5. The number of methoxy groups -OCH3 is 1. The topological polar surface area (TPSA) is 113 Å². The molecule has 0 fully saturated rings. The molecule has 1 amide bonds. The molecule has 0 unspecified atom stereocenters. The summed E-state index contributed by atoms with van der Waals surface area (Å²) in [5.74, 6) is -0.618. The summed E-state index contributed by atoms with van der Waals surface area (Å²) in [6, 6.07) is 10.0. The molecule has 3 aromatic rings. The van der Waals surface area contributed by atoms with Gasteiger partial charge in [0.25, 0.3) is 5.91 Å². The van der Waals surface area contributed by atoms with Crippen LogP contribution in [0.4, 0.5) is 0 Å². The number of benzene rings is 1. The molecule has 0 spiro atoms. The molecule has 0 bridgehead atoms. The van der Waals surface area contributed by atoms with Gasteiger partial charge in [0, 0.05) is 12.1 Å². The average Bonchev–Trinajstić information content (AvgIpc) is 3.33. The van der Waals surface area contributed by atoms with Crippen LogP contribution in [0.15, 0.2) is 36.4 Å². The number of ether oxygens (including phenoxy) is 1. The lowest BCUT2D eigenvalue weighted by molar-refractivity contribution is 0.0591. The number of nitrogens with zero attached hydrogens (tertiary/aromatic N) is 4. The zero-order chi connectivity index (χ0) is 19.0. The van der Waals surface area contributed by atoms with Crippen LogP contribution in [-0.2, 0) is 17.8 Å². The Balaban J connectivity index is 1.54. The van der Waals surface area contributed by atoms with Gasteiger partial charge in [0.15, 0.2) is 5.69 Å². The van der Waals surface area contributed by atoms with Gasteiger partial charge < -0.3 is 14.7 Å². The van der Waals surface area contributed by atoms with E-state index in [0.29, 0.717) is 36.6 Å². The Bertz CT molecular complexity index is 1020. The first-order valence-corrected chi connectivity index (χ1v) is 8.35. The number of phenolic OH excluding ortho intramolecular Hbond substituents is 1. The van der Waals surface area contributed by atoms with Crippen molar-refractivity contribution in [2.45, 2.75) is 13.1 Å². The van der Waals surface area contributed by atoms with Gasteiger partial charge in [-0.15, -0.1) is 0 Å². The van der Waals surface area contributed by atoms with Crippen molar-refractivity contribution in [1.29, 1.82) is 0 Å². The summed E-state index contributed by atoms with van der Waals surface area (Å²) in [5, 5.41) is 21.0. The Morgan fingerprint density at radius 3 is 2.81 bits per heavy atom. The normalized spacial score (nSPS) is 13.3. The van der Waals surface area contributed by atoms with Crippen molar-refractivity contribution in [1.82, 2.24) is 24.9 Å². The largest absolute Gasteiger partial charge is 0.507 e. The Morgan fingerprint density at radius 1 is 1.22 bits per heavy atom. The smallest absolute Gasteiger partial charge is 0.358 e. The molecular formula is C18H17N5O4. The second-order valence-electron chi connectivity index (χ2n) is 6.15. The summed E-state index contributed by atoms with van der Waals surface area (Å²) in [5.41, 5.74) is 2.36. The Kier molecular flexibility index (Phi) is 4.11. The number of nitrogens with one attached hydrogen (secondary N) is 1. The maximum atomic E-state index is 12.8. The number of hydrogen-bond donors (Lipinski definition) is 2. The van der Waals surface area contributed by atoms with Crippen molar-refractivity contribution in [3.63, 3.8) is 0 Å². The highest BCUT2D eigenvalue weighted by molar-refractivity contribution is 5.93. The summed E-state index contributed by atoms with van der Waals surface area (Å²) in [4.78, 5) is 26.1. The Labute approximate surface area is 154 Å². The van der Waals surface area contributed by atoms with Crippen LogP contribution in [0.5, 0.6) is 5.75 Å². The van der Waals surface area contributed by atoms with Crippen LogP contribution in [0.1, 0.15) is 26.7 Å². The fourth-order valence-electron chi connectivity index (χ4n) is 3.07. The van der Waals surface area contributed by atoms with Gasteiger partial charge in [-0.2, -0.15) is 10.2 Å². The molecule has 138 valence electrons. The van der Waals surface area contributed by atoms with Crippen molar-refractivity contribution in [3.8, 4) is 17.0 Å². The van der Waals surface area contributed by atoms with E-state index >= 15 is 0 Å². The number of para-hydroxylation sites is 1. The molecule has 0 aliphatic carbocycles. The van der Waals surface area contributed by atoms with E-state index in [1.807, 2.05) is 0 Å². The lowest BCUT2D eigenvalue weighted by Gasteiger charge is -2.27. The number of aromatic hydroxyl groups is 1. The van der Waals surface area contributed by atoms with E-state index < -0.39 is 5.97 Å². The van der Waals surface area contributed by atoms with Gasteiger partial charge in [-0.05, 0) is 24.3 Å². The molecule has 1 aliphatic rings. The van der Waals surface area contributed by atoms with Crippen LogP contribution in [0.2, 0.25) is 0 Å². The van der Waals surface area contributed by atoms with Gasteiger partial charge in [0.1, 0.15) is 11.4 Å². The minimum absolute atomic E-state index is 0.0974. The SMILES string of the molecule is COC(=O)c1cc2n(n1)CCN(C(=O)c1cc(-c3ccccc3O)n[nH]1)C2. The van der Waals surface area contributed by atoms with Gasteiger partial charge in [-0.3, -0.25) is 14.6 Å². The number of aromatic nitrogens is 4. The number of rotatable bonds is 3. The van der Waals surface area contributed by atoms with Crippen LogP contribution < -0.4 is 0 Å². The molecule has 3 heterocycles. The van der Waals surface area contributed by atoms with Gasteiger partial charge in [0.2, 0.25) is 0 Å². The van der Waals surface area contributed by atoms with Gasteiger partial charge in [0.05, 0.1) is 31.6 Å². The number of fused-ring (bicyclic) bond motifs is 1. The third-order valence-corrected chi connectivity index (χ3v) is 4.47. The van der Waals surface area contributed by atoms with Crippen molar-refractivity contribution in [2.24, 2.45) is 0 Å². The van der Waals surface area contributed by atoms with E-state index in [1.165, 1.54) is 7.11 Å². The standard InChI is InChI=1S/C18H17N5O4/c1-27-18(26)15-8-11-10-22(6-7-23(11)21-15)17(25)14-9-13(19-20-14)12-4-2-3-5-16(12)24/h2-5,8-9,24H,6-7,10H2,1H3,(H,19,20). The fraction of sp³-hybridized carbons (Fsp3) is 0.222. The maximum Gasteiger partial charge on any atom is 0.358 e. The molecule has 0 saturated heterocycles. The minimum Gasteiger partial charge on any atom is -0.507 e. The van der Waals surface area contributed by atoms with E-state index in [2.05, 4.69) is 20.0 Å². The number of H-pyrrole nitrogens is 1. The number of carbonyl (C=O) groups excluding carboxylic acids is 2. The Hall–Kier alpha value is -3.62.